The maximum absolute atomic E-state index is 12.5. The number of Topliss-reactive ketones (excluding diaryl/α,β-unsaturated/α-hetero) is 1. The number of carbonyl (C=O) groups is 1. The van der Waals surface area contributed by atoms with Crippen LogP contribution in [0, 0.1) is 5.92 Å². The first-order valence-electron chi connectivity index (χ1n) is 9.13. The van der Waals surface area contributed by atoms with Gasteiger partial charge in [0.15, 0.2) is 5.78 Å². The van der Waals surface area contributed by atoms with E-state index >= 15 is 0 Å². The summed E-state index contributed by atoms with van der Waals surface area (Å²) in [4.78, 5) is 12.5. The first-order chi connectivity index (χ1) is 11.4. The maximum Gasteiger partial charge on any atom is 0.165 e. The second-order valence-electron chi connectivity index (χ2n) is 7.39. The van der Waals surface area contributed by atoms with Crippen molar-refractivity contribution in [1.29, 1.82) is 0 Å². The van der Waals surface area contributed by atoms with Crippen LogP contribution in [0.1, 0.15) is 70.7 Å². The van der Waals surface area contributed by atoms with Crippen LogP contribution >= 0.6 is 0 Å². The molecule has 2 heteroatoms. The van der Waals surface area contributed by atoms with Gasteiger partial charge in [-0.1, -0.05) is 51.8 Å². The molecular formula is C22H30O2. The van der Waals surface area contributed by atoms with Crippen molar-refractivity contribution in [3.63, 3.8) is 0 Å². The van der Waals surface area contributed by atoms with Gasteiger partial charge in [0, 0.05) is 11.5 Å². The molecule has 0 aromatic heterocycles. The summed E-state index contributed by atoms with van der Waals surface area (Å²) in [6.07, 6.45) is 4.10. The average molecular weight is 326 g/mol. The van der Waals surface area contributed by atoms with Crippen LogP contribution in [0.4, 0.5) is 0 Å². The molecule has 1 unspecified atom stereocenters. The third-order valence-corrected chi connectivity index (χ3v) is 4.51. The van der Waals surface area contributed by atoms with E-state index in [9.17, 15) is 4.79 Å². The third-order valence-electron chi connectivity index (χ3n) is 4.51. The van der Waals surface area contributed by atoms with Crippen molar-refractivity contribution in [2.75, 3.05) is 0 Å². The van der Waals surface area contributed by atoms with Gasteiger partial charge in [-0.05, 0) is 55.7 Å². The fraction of sp³-hybridized carbons (Fsp3) is 0.500. The second-order valence-corrected chi connectivity index (χ2v) is 7.39. The molecular weight excluding hydrogens is 296 g/mol. The van der Waals surface area contributed by atoms with Crippen LogP contribution in [-0.2, 0) is 0 Å². The molecule has 0 aliphatic heterocycles. The van der Waals surface area contributed by atoms with Gasteiger partial charge in [-0.15, -0.1) is 0 Å². The molecule has 2 rings (SSSR count). The number of ketones is 1. The predicted octanol–water partition coefficient (Wildman–Crippen LogP) is 6.42. The summed E-state index contributed by atoms with van der Waals surface area (Å²) in [5.41, 5.74) is 0.650. The Kier molecular flexibility index (Phi) is 6.04. The molecule has 0 saturated carbocycles. The molecule has 0 N–H and O–H groups in total. The van der Waals surface area contributed by atoms with Crippen LogP contribution in [0.15, 0.2) is 36.4 Å². The van der Waals surface area contributed by atoms with Crippen LogP contribution < -0.4 is 4.74 Å². The quantitative estimate of drug-likeness (QED) is 0.523. The van der Waals surface area contributed by atoms with E-state index in [1.54, 1.807) is 0 Å². The van der Waals surface area contributed by atoms with Gasteiger partial charge in [0.25, 0.3) is 0 Å². The Labute approximate surface area is 146 Å². The first-order valence-corrected chi connectivity index (χ1v) is 9.13. The number of fused-ring (bicyclic) bond motifs is 1. The van der Waals surface area contributed by atoms with Gasteiger partial charge in [-0.25, -0.2) is 0 Å². The molecule has 0 amide bonds. The Morgan fingerprint density at radius 3 is 2.38 bits per heavy atom. The summed E-state index contributed by atoms with van der Waals surface area (Å²) in [7, 11) is 0. The lowest BCUT2D eigenvalue weighted by Gasteiger charge is -2.26. The molecule has 2 nitrogen and oxygen atoms in total. The Morgan fingerprint density at radius 1 is 1.04 bits per heavy atom. The summed E-state index contributed by atoms with van der Waals surface area (Å²) < 4.78 is 6.13. The Hall–Kier alpha value is -1.83. The fourth-order valence-corrected chi connectivity index (χ4v) is 3.26. The maximum atomic E-state index is 12.5. The van der Waals surface area contributed by atoms with E-state index in [1.165, 1.54) is 0 Å². The summed E-state index contributed by atoms with van der Waals surface area (Å²) in [5.74, 6) is 1.22. The lowest BCUT2D eigenvalue weighted by atomic mass is 9.94. The van der Waals surface area contributed by atoms with Gasteiger partial charge in [0.05, 0.1) is 0 Å². The highest BCUT2D eigenvalue weighted by Crippen LogP contribution is 2.27. The molecule has 2 aromatic carbocycles. The average Bonchev–Trinajstić information content (AvgIpc) is 2.53. The van der Waals surface area contributed by atoms with Crippen molar-refractivity contribution in [1.82, 2.24) is 0 Å². The van der Waals surface area contributed by atoms with Gasteiger partial charge in [-0.2, -0.15) is 0 Å². The minimum atomic E-state index is -0.159. The zero-order valence-corrected chi connectivity index (χ0v) is 15.7. The highest BCUT2D eigenvalue weighted by molar-refractivity contribution is 6.01. The van der Waals surface area contributed by atoms with E-state index in [2.05, 4.69) is 33.8 Å². The minimum Gasteiger partial charge on any atom is -0.488 e. The van der Waals surface area contributed by atoms with E-state index in [0.29, 0.717) is 0 Å². The Morgan fingerprint density at radius 2 is 1.71 bits per heavy atom. The highest BCUT2D eigenvalue weighted by atomic mass is 16.5. The highest BCUT2D eigenvalue weighted by Gasteiger charge is 2.19. The SMILES string of the molecule is CCCC(C)C(=O)c1ccc2cc(OC(C)(C)CCC)ccc2c1. The van der Waals surface area contributed by atoms with E-state index in [0.717, 1.165) is 47.8 Å². The van der Waals surface area contributed by atoms with Gasteiger partial charge in [0.2, 0.25) is 0 Å². The van der Waals surface area contributed by atoms with Crippen LogP contribution in [0.5, 0.6) is 5.75 Å². The molecule has 0 spiro atoms. The van der Waals surface area contributed by atoms with Crippen molar-refractivity contribution in [2.45, 2.75) is 65.9 Å². The topological polar surface area (TPSA) is 26.3 Å². The van der Waals surface area contributed by atoms with Crippen LogP contribution in [-0.4, -0.2) is 11.4 Å². The normalized spacial score (nSPS) is 13.0. The first kappa shape index (κ1) is 18.5. The molecule has 130 valence electrons. The molecule has 0 heterocycles. The summed E-state index contributed by atoms with van der Waals surface area (Å²) in [5, 5.41) is 2.20. The van der Waals surface area contributed by atoms with Crippen molar-refractivity contribution in [3.8, 4) is 5.75 Å². The monoisotopic (exact) mass is 326 g/mol. The van der Waals surface area contributed by atoms with Gasteiger partial charge in [-0.3, -0.25) is 4.79 Å². The number of carbonyl (C=O) groups excluding carboxylic acids is 1. The number of benzene rings is 2. The van der Waals surface area contributed by atoms with Crippen LogP contribution in [0.25, 0.3) is 10.8 Å². The smallest absolute Gasteiger partial charge is 0.165 e. The Bertz CT molecular complexity index is 700. The summed E-state index contributed by atoms with van der Waals surface area (Å²) >= 11 is 0. The van der Waals surface area contributed by atoms with Gasteiger partial charge in [0.1, 0.15) is 11.4 Å². The van der Waals surface area contributed by atoms with Crippen LogP contribution in [0.2, 0.25) is 0 Å². The zero-order chi connectivity index (χ0) is 17.7. The molecule has 2 aromatic rings. The molecule has 0 aliphatic carbocycles. The lowest BCUT2D eigenvalue weighted by molar-refractivity contribution is 0.0923. The largest absolute Gasteiger partial charge is 0.488 e. The summed E-state index contributed by atoms with van der Waals surface area (Å²) in [6.45, 7) is 10.5. The van der Waals surface area contributed by atoms with Crippen LogP contribution in [0.3, 0.4) is 0 Å². The van der Waals surface area contributed by atoms with E-state index < -0.39 is 0 Å². The van der Waals surface area contributed by atoms with E-state index in [4.69, 9.17) is 4.74 Å². The number of ether oxygens (including phenoxy) is 1. The minimum absolute atomic E-state index is 0.0879. The molecule has 0 bridgehead atoms. The van der Waals surface area contributed by atoms with Gasteiger partial charge >= 0.3 is 0 Å². The number of hydrogen-bond acceptors (Lipinski definition) is 2. The molecule has 1 atom stereocenters. The molecule has 0 radical (unpaired) electrons. The lowest BCUT2D eigenvalue weighted by Crippen LogP contribution is -2.27. The molecule has 0 saturated heterocycles. The zero-order valence-electron chi connectivity index (χ0n) is 15.7. The third kappa shape index (κ3) is 4.59. The standard InChI is InChI=1S/C22H30O2/c1-6-8-16(3)21(23)19-10-9-18-15-20(12-11-17(18)14-19)24-22(4,5)13-7-2/h9-12,14-16H,6-8,13H2,1-5H3. The van der Waals surface area contributed by atoms with Crippen molar-refractivity contribution in [3.05, 3.63) is 42.0 Å². The van der Waals surface area contributed by atoms with Crippen molar-refractivity contribution >= 4 is 16.6 Å². The number of hydrogen-bond donors (Lipinski definition) is 0. The van der Waals surface area contributed by atoms with Crippen molar-refractivity contribution < 1.29 is 9.53 Å². The number of rotatable bonds is 8. The fourth-order valence-electron chi connectivity index (χ4n) is 3.26. The van der Waals surface area contributed by atoms with E-state index in [1.807, 2.05) is 37.3 Å². The molecule has 0 aliphatic rings. The summed E-state index contributed by atoms with van der Waals surface area (Å²) in [6, 6.07) is 12.1. The van der Waals surface area contributed by atoms with Gasteiger partial charge < -0.3 is 4.74 Å². The molecule has 24 heavy (non-hydrogen) atoms. The van der Waals surface area contributed by atoms with Crippen molar-refractivity contribution in [2.24, 2.45) is 5.92 Å². The predicted molar refractivity (Wildman–Crippen MR) is 102 cm³/mol. The molecule has 0 fully saturated rings. The Balaban J connectivity index is 2.23. The van der Waals surface area contributed by atoms with E-state index in [-0.39, 0.29) is 17.3 Å². The second kappa shape index (κ2) is 7.83.